The minimum absolute atomic E-state index is 0.000740. The van der Waals surface area contributed by atoms with Crippen molar-refractivity contribution in [1.29, 1.82) is 0 Å². The Morgan fingerprint density at radius 2 is 1.58 bits per heavy atom. The number of aliphatic hydroxyl groups is 3. The molecule has 8 amide bonds. The molecule has 118 heavy (non-hydrogen) atoms. The number of nitrogens with zero attached hydrogens (tertiary/aromatic N) is 8. The number of aliphatic carboxylic acids is 1. The molecule has 2 aromatic carbocycles. The summed E-state index contributed by atoms with van der Waals surface area (Å²) in [6, 6.07) is 11.2. The van der Waals surface area contributed by atoms with E-state index in [2.05, 4.69) is 50.4 Å². The van der Waals surface area contributed by atoms with Gasteiger partial charge in [0, 0.05) is 80.5 Å². The second-order valence-corrected chi connectivity index (χ2v) is 35.8. The van der Waals surface area contributed by atoms with E-state index in [4.69, 9.17) is 39.3 Å². The summed E-state index contributed by atoms with van der Waals surface area (Å²) in [6.07, 6.45) is 0.101. The third-order valence-electron chi connectivity index (χ3n) is 23.3. The molecule has 13 N–H and O–H groups in total. The lowest BCUT2D eigenvalue weighted by Crippen LogP contribution is -2.64. The van der Waals surface area contributed by atoms with Crippen LogP contribution in [-0.4, -0.2) is 244 Å². The lowest BCUT2D eigenvalue weighted by Gasteiger charge is -2.69. The maximum atomic E-state index is 14.4. The number of aryl methyl sites for hydroxylation is 1. The summed E-state index contributed by atoms with van der Waals surface area (Å²) in [5, 5.41) is 71.8. The van der Waals surface area contributed by atoms with Gasteiger partial charge in [-0.05, 0) is 159 Å². The number of nitrogens with two attached hydrogens (primary N) is 1. The number of carboxylic acids is 2. The Morgan fingerprint density at radius 1 is 0.831 bits per heavy atom. The first-order valence-corrected chi connectivity index (χ1v) is 41.8. The number of carboxylic acid groups (broad SMARTS) is 2. The maximum absolute atomic E-state index is 14.4. The van der Waals surface area contributed by atoms with Crippen molar-refractivity contribution >= 4 is 108 Å². The molecule has 636 valence electrons. The zero-order chi connectivity index (χ0) is 85.1. The molecule has 11 atom stereocenters. The fraction of sp³-hybridized carbons (Fsp3) is 0.550. The summed E-state index contributed by atoms with van der Waals surface area (Å²) in [7, 11) is -4.38. The molecule has 0 radical (unpaired) electrons. The van der Waals surface area contributed by atoms with Gasteiger partial charge in [0.1, 0.15) is 48.9 Å². The van der Waals surface area contributed by atoms with Crippen LogP contribution in [-0.2, 0) is 95.2 Å². The number of para-hydroxylation sites is 1. The SMILES string of the molecule is CCC(=O)N[C@H]1C[C@@H](COCCS(=O)(=O)O)N(CC(=O)N[C@H](C(=O)N[C@@H](C)C(=O)Nc2ccc(COC(=O)N(CCOC34CC5(C)CC(C)(CC(Cn6ncc(-c7ccc(N8CCc9cncc(C(=O)Nc%10nc%11ccccc%11s%10)c9C8)nc7C(=O)O)c6C)(C5)C3)C4)CCC(N)=O)c(CC[C@@H]3O[C@H](C(=O)O)[C@@H](O)[C@H](O)[C@H]3O)c2)C(C)C)C1=O. The van der Waals surface area contributed by atoms with Gasteiger partial charge in [-0.15, -0.1) is 0 Å². The van der Waals surface area contributed by atoms with E-state index in [0.29, 0.717) is 64.7 Å². The van der Waals surface area contributed by atoms with Crippen molar-refractivity contribution in [3.8, 4) is 11.1 Å². The van der Waals surface area contributed by atoms with Gasteiger partial charge in [-0.2, -0.15) is 13.5 Å². The van der Waals surface area contributed by atoms with Gasteiger partial charge < -0.3 is 86.2 Å². The first-order valence-electron chi connectivity index (χ1n) is 39.4. The predicted molar refractivity (Wildman–Crippen MR) is 426 cm³/mol. The second kappa shape index (κ2) is 35.8. The zero-order valence-electron chi connectivity index (χ0n) is 66.7. The molecule has 2 unspecified atom stereocenters. The molecule has 0 spiro atoms. The number of aromatic carboxylic acids is 1. The van der Waals surface area contributed by atoms with Gasteiger partial charge in [0.2, 0.25) is 35.4 Å². The number of hydrogen-bond acceptors (Lipinski definition) is 25. The van der Waals surface area contributed by atoms with E-state index < -0.39 is 155 Å². The van der Waals surface area contributed by atoms with E-state index in [1.54, 1.807) is 45.3 Å². The van der Waals surface area contributed by atoms with Gasteiger partial charge in [-0.1, -0.05) is 64.2 Å². The number of hydrogen-bond donors (Lipinski definition) is 12. The van der Waals surface area contributed by atoms with Crippen LogP contribution in [0.5, 0.6) is 0 Å². The number of aromatic nitrogens is 5. The monoisotopic (exact) mass is 1670 g/mol. The Balaban J connectivity index is 0.699. The second-order valence-electron chi connectivity index (χ2n) is 33.2. The van der Waals surface area contributed by atoms with Crippen LogP contribution in [0.3, 0.4) is 0 Å². The van der Waals surface area contributed by atoms with Crippen molar-refractivity contribution in [2.75, 3.05) is 67.3 Å². The van der Waals surface area contributed by atoms with Crippen LogP contribution in [0.25, 0.3) is 21.3 Å². The average Bonchev–Trinajstić information content (AvgIpc) is 0.860. The summed E-state index contributed by atoms with van der Waals surface area (Å²) < 4.78 is 58.7. The molecular weight excluding hydrogens is 1570 g/mol. The molecular formula is C80H102N14O22S2. The molecule has 4 bridgehead atoms. The van der Waals surface area contributed by atoms with E-state index in [9.17, 15) is 81.9 Å². The number of thiazole rings is 1. The van der Waals surface area contributed by atoms with Crippen LogP contribution in [0.4, 0.5) is 21.4 Å². The summed E-state index contributed by atoms with van der Waals surface area (Å²) >= 11 is 1.37. The average molecular weight is 1680 g/mol. The molecule has 2 saturated heterocycles. The highest BCUT2D eigenvalue weighted by atomic mass is 32.2. The van der Waals surface area contributed by atoms with E-state index >= 15 is 0 Å². The Morgan fingerprint density at radius 3 is 2.27 bits per heavy atom. The third-order valence-corrected chi connectivity index (χ3v) is 24.9. The van der Waals surface area contributed by atoms with E-state index in [1.807, 2.05) is 40.8 Å². The van der Waals surface area contributed by atoms with Gasteiger partial charge >= 0.3 is 18.0 Å². The fourth-order valence-electron chi connectivity index (χ4n) is 18.8. The maximum Gasteiger partial charge on any atom is 0.410 e. The largest absolute Gasteiger partial charge is 0.479 e. The standard InChI is InChI=1S/C80H102N14O22S2/c1-8-61(96)86-56-28-50(35-113-25-26-118(110,111)112)93(72(56)104)33-62(97)89-63(43(2)3)71(103)84-44(4)69(101)85-49-15-13-48(46(27-49)14-17-57-65(98)66(99)67(100)68(116-57)74(107)108)34-114-76(109)91(22-20-59(81)95)23-24-115-80-39-77(6)36-78(7,40-80)38-79(37-77,41-80)42-94-45(5)52(31-83-94)51-16-18-60(88-64(51)73(105)106)92-21-19-47-29-82-30-53(54(47)32-92)70(102)90-75-87-55-11-9-10-12-58(55)117-75/h9-13,15-16,18,27,29-31,43-44,50,56-57,63,65-68,98-100H,8,14,17,19-26,28,32-42H2,1-7H3,(H2,81,95)(H,84,103)(H,85,101)(H,86,96)(H,89,97)(H,105,106)(H,107,108)(H,87,90,102)(H,110,111,112)/t44-,50-,56-,57-,63-,65-,66+,67-,68-,77?,78?,79?,80?/m0/s1. The molecule has 4 aromatic heterocycles. The number of fused-ring (bicyclic) bond motifs is 2. The molecule has 36 nitrogen and oxygen atoms in total. The molecule has 4 saturated carbocycles. The number of anilines is 3. The Kier molecular flexibility index (Phi) is 26.4. The number of likely N-dealkylation sites (tertiary alicyclic amines) is 1. The first-order chi connectivity index (χ1) is 55.8. The van der Waals surface area contributed by atoms with Crippen LogP contribution in [0.2, 0.25) is 0 Å². The highest BCUT2D eigenvalue weighted by Gasteiger charge is 2.66. The zero-order valence-corrected chi connectivity index (χ0v) is 68.3. The topological polar surface area (TPSA) is 516 Å². The Labute approximate surface area is 684 Å². The molecule has 13 rings (SSSR count). The Hall–Kier alpha value is -10.2. The van der Waals surface area contributed by atoms with Crippen molar-refractivity contribution in [2.45, 2.75) is 206 Å². The number of benzene rings is 2. The lowest BCUT2D eigenvalue weighted by atomic mass is 9.39. The Bertz CT molecular complexity index is 4910. The number of amides is 8. The van der Waals surface area contributed by atoms with Gasteiger partial charge in [-0.25, -0.2) is 24.4 Å². The minimum Gasteiger partial charge on any atom is -0.479 e. The first kappa shape index (κ1) is 87.1. The highest BCUT2D eigenvalue weighted by Crippen LogP contribution is 2.72. The van der Waals surface area contributed by atoms with Crippen molar-refractivity contribution in [3.05, 3.63) is 112 Å². The molecule has 7 heterocycles. The van der Waals surface area contributed by atoms with Crippen LogP contribution < -0.4 is 37.2 Å². The molecule has 7 aliphatic rings. The van der Waals surface area contributed by atoms with E-state index in [1.165, 1.54) is 47.6 Å². The van der Waals surface area contributed by atoms with Crippen LogP contribution in [0.15, 0.2) is 73.2 Å². The van der Waals surface area contributed by atoms with Crippen molar-refractivity contribution in [3.63, 3.8) is 0 Å². The number of ether oxygens (including phenoxy) is 4. The van der Waals surface area contributed by atoms with Gasteiger partial charge in [0.25, 0.3) is 16.0 Å². The van der Waals surface area contributed by atoms with Crippen molar-refractivity contribution in [2.24, 2.45) is 27.9 Å². The number of primary amides is 1. The van der Waals surface area contributed by atoms with Gasteiger partial charge in [0.15, 0.2) is 16.9 Å². The fourth-order valence-corrected chi connectivity index (χ4v) is 20.0. The van der Waals surface area contributed by atoms with Crippen molar-refractivity contribution in [1.82, 2.24) is 50.5 Å². The lowest BCUT2D eigenvalue weighted by molar-refractivity contribution is -0.248. The highest BCUT2D eigenvalue weighted by molar-refractivity contribution is 7.85. The van der Waals surface area contributed by atoms with E-state index in [0.717, 1.165) is 64.0 Å². The normalized spacial score (nSPS) is 25.1. The van der Waals surface area contributed by atoms with E-state index in [-0.39, 0.29) is 98.5 Å². The minimum atomic E-state index is -4.38. The summed E-state index contributed by atoms with van der Waals surface area (Å²) in [4.78, 5) is 152. The van der Waals surface area contributed by atoms with Crippen molar-refractivity contribution < 1.29 is 105 Å². The third kappa shape index (κ3) is 20.2. The summed E-state index contributed by atoms with van der Waals surface area (Å²) in [5.74, 6) is -8.17. The number of carbonyl (C=O) groups is 10. The number of carbonyl (C=O) groups excluding carboxylic acids is 8. The number of aliphatic hydroxyl groups excluding tert-OH is 3. The number of pyridine rings is 2. The number of nitrogens with one attached hydrogen (secondary N) is 5. The van der Waals surface area contributed by atoms with Crippen LogP contribution >= 0.6 is 11.3 Å². The summed E-state index contributed by atoms with van der Waals surface area (Å²) in [5.41, 5.74) is 9.64. The van der Waals surface area contributed by atoms with Gasteiger partial charge in [0.05, 0.1) is 71.8 Å². The molecule has 38 heteroatoms. The van der Waals surface area contributed by atoms with Crippen LogP contribution in [0.1, 0.15) is 155 Å². The predicted octanol–water partition coefficient (Wildman–Crippen LogP) is 4.27. The smallest absolute Gasteiger partial charge is 0.410 e. The number of rotatable bonds is 35. The summed E-state index contributed by atoms with van der Waals surface area (Å²) in [6.45, 7) is 12.1. The molecule has 6 aromatic rings. The molecule has 4 aliphatic carbocycles. The van der Waals surface area contributed by atoms with Gasteiger partial charge in [-0.3, -0.25) is 53.1 Å². The molecule has 6 fully saturated rings. The quantitative estimate of drug-likeness (QED) is 0.0195. The molecule has 3 aliphatic heterocycles. The van der Waals surface area contributed by atoms with Crippen LogP contribution in [0, 0.1) is 29.1 Å².